The van der Waals surface area contributed by atoms with Crippen molar-refractivity contribution >= 4 is 28.9 Å². The number of rotatable bonds is 4. The summed E-state index contributed by atoms with van der Waals surface area (Å²) < 4.78 is 13.6. The fourth-order valence-corrected chi connectivity index (χ4v) is 1.67. The molecule has 1 aromatic carbocycles. The molecule has 1 heterocycles. The van der Waals surface area contributed by atoms with E-state index >= 15 is 0 Å². The Balaban J connectivity index is 2.20. The molecule has 2 N–H and O–H groups in total. The Kier molecular flexibility index (Phi) is 3.99. The monoisotopic (exact) mass is 265 g/mol. The summed E-state index contributed by atoms with van der Waals surface area (Å²) in [6, 6.07) is 9.95. The third-order valence-corrected chi connectivity index (χ3v) is 2.54. The molecule has 0 fully saturated rings. The molecule has 0 atom stereocenters. The highest BCUT2D eigenvalue weighted by atomic mass is 35.5. The zero-order chi connectivity index (χ0) is 13.0. The molecule has 2 rings (SSSR count). The summed E-state index contributed by atoms with van der Waals surface area (Å²) in [6.45, 7) is 2.77. The van der Waals surface area contributed by atoms with E-state index in [1.165, 1.54) is 6.07 Å². The lowest BCUT2D eigenvalue weighted by Crippen LogP contribution is -2.01. The van der Waals surface area contributed by atoms with Crippen LogP contribution in [-0.2, 0) is 0 Å². The molecule has 0 unspecified atom stereocenters. The van der Waals surface area contributed by atoms with E-state index in [0.717, 1.165) is 12.4 Å². The average molecular weight is 266 g/mol. The first-order valence-electron chi connectivity index (χ1n) is 5.62. The van der Waals surface area contributed by atoms with Gasteiger partial charge in [0.15, 0.2) is 0 Å². The van der Waals surface area contributed by atoms with Gasteiger partial charge in [0.05, 0.1) is 5.69 Å². The number of hydrogen-bond donors (Lipinski definition) is 2. The van der Waals surface area contributed by atoms with Crippen LogP contribution >= 0.6 is 11.6 Å². The molecule has 0 aliphatic carbocycles. The normalized spacial score (nSPS) is 10.2. The Hall–Kier alpha value is -1.81. The molecule has 0 bridgehead atoms. The molecule has 0 radical (unpaired) electrons. The number of anilines is 3. The van der Waals surface area contributed by atoms with E-state index in [9.17, 15) is 4.39 Å². The summed E-state index contributed by atoms with van der Waals surface area (Å²) in [7, 11) is 0. The van der Waals surface area contributed by atoms with Crippen LogP contribution in [0.2, 0.25) is 5.02 Å². The van der Waals surface area contributed by atoms with Crippen molar-refractivity contribution in [3.63, 3.8) is 0 Å². The first-order chi connectivity index (χ1) is 8.69. The van der Waals surface area contributed by atoms with E-state index in [4.69, 9.17) is 11.6 Å². The van der Waals surface area contributed by atoms with Crippen molar-refractivity contribution in [2.45, 2.75) is 6.92 Å². The molecule has 18 heavy (non-hydrogen) atoms. The predicted molar refractivity (Wildman–Crippen MR) is 73.1 cm³/mol. The van der Waals surface area contributed by atoms with Crippen molar-refractivity contribution in [1.82, 2.24) is 4.98 Å². The maximum atomic E-state index is 13.6. The summed E-state index contributed by atoms with van der Waals surface area (Å²) in [4.78, 5) is 4.30. The minimum Gasteiger partial charge on any atom is -0.370 e. The molecule has 3 nitrogen and oxygen atoms in total. The standard InChI is InChI=1S/C13H13ClFN3/c1-2-16-12-4-3-5-13(18-12)17-11-7-6-9(14)8-10(11)15/h3-8H,2H2,1H3,(H2,16,17,18). The fourth-order valence-electron chi connectivity index (χ4n) is 1.51. The number of hydrogen-bond acceptors (Lipinski definition) is 3. The van der Waals surface area contributed by atoms with Crippen LogP contribution in [0.25, 0.3) is 0 Å². The predicted octanol–water partition coefficient (Wildman–Crippen LogP) is 4.05. The maximum absolute atomic E-state index is 13.6. The number of nitrogens with one attached hydrogen (secondary N) is 2. The van der Waals surface area contributed by atoms with Gasteiger partial charge in [-0.25, -0.2) is 9.37 Å². The second-order valence-electron chi connectivity index (χ2n) is 3.69. The lowest BCUT2D eigenvalue weighted by Gasteiger charge is -2.09. The van der Waals surface area contributed by atoms with Crippen LogP contribution in [0.4, 0.5) is 21.7 Å². The summed E-state index contributed by atoms with van der Waals surface area (Å²) in [5, 5.41) is 6.37. The summed E-state index contributed by atoms with van der Waals surface area (Å²) in [6.07, 6.45) is 0. The molecular formula is C13H13ClFN3. The molecule has 0 saturated heterocycles. The average Bonchev–Trinajstić information content (AvgIpc) is 2.34. The summed E-state index contributed by atoms with van der Waals surface area (Å²) >= 11 is 5.69. The second kappa shape index (κ2) is 5.69. The van der Waals surface area contributed by atoms with Gasteiger partial charge >= 0.3 is 0 Å². The van der Waals surface area contributed by atoms with Gasteiger partial charge in [0.2, 0.25) is 0 Å². The van der Waals surface area contributed by atoms with Crippen molar-refractivity contribution < 1.29 is 4.39 Å². The van der Waals surface area contributed by atoms with E-state index in [2.05, 4.69) is 15.6 Å². The van der Waals surface area contributed by atoms with E-state index in [1.807, 2.05) is 19.1 Å². The van der Waals surface area contributed by atoms with E-state index in [1.54, 1.807) is 18.2 Å². The highest BCUT2D eigenvalue weighted by Gasteiger charge is 2.04. The van der Waals surface area contributed by atoms with Gasteiger partial charge in [-0.05, 0) is 37.3 Å². The zero-order valence-electron chi connectivity index (χ0n) is 9.87. The number of benzene rings is 1. The first kappa shape index (κ1) is 12.6. The Labute approximate surface area is 110 Å². The largest absolute Gasteiger partial charge is 0.370 e. The van der Waals surface area contributed by atoms with Crippen LogP contribution in [-0.4, -0.2) is 11.5 Å². The van der Waals surface area contributed by atoms with Gasteiger partial charge in [-0.15, -0.1) is 0 Å². The molecule has 0 aliphatic rings. The van der Waals surface area contributed by atoms with Gasteiger partial charge < -0.3 is 10.6 Å². The van der Waals surface area contributed by atoms with Crippen LogP contribution in [0, 0.1) is 5.82 Å². The topological polar surface area (TPSA) is 37.0 Å². The van der Waals surface area contributed by atoms with Gasteiger partial charge in [-0.2, -0.15) is 0 Å². The third-order valence-electron chi connectivity index (χ3n) is 2.30. The Bertz CT molecular complexity index is 546. The molecule has 0 amide bonds. The first-order valence-corrected chi connectivity index (χ1v) is 6.00. The molecule has 2 aromatic rings. The minimum atomic E-state index is -0.404. The van der Waals surface area contributed by atoms with Gasteiger partial charge in [-0.1, -0.05) is 17.7 Å². The van der Waals surface area contributed by atoms with Gasteiger partial charge in [0, 0.05) is 11.6 Å². The number of aromatic nitrogens is 1. The van der Waals surface area contributed by atoms with Crippen molar-refractivity contribution in [2.24, 2.45) is 0 Å². The highest BCUT2D eigenvalue weighted by Crippen LogP contribution is 2.22. The Morgan fingerprint density at radius 2 is 2.00 bits per heavy atom. The molecule has 0 saturated carbocycles. The Morgan fingerprint density at radius 1 is 1.22 bits per heavy atom. The van der Waals surface area contributed by atoms with E-state index < -0.39 is 5.82 Å². The molecular weight excluding hydrogens is 253 g/mol. The van der Waals surface area contributed by atoms with Crippen LogP contribution in [0.3, 0.4) is 0 Å². The summed E-state index contributed by atoms with van der Waals surface area (Å²) in [5.74, 6) is 0.921. The smallest absolute Gasteiger partial charge is 0.148 e. The molecule has 5 heteroatoms. The molecule has 1 aromatic heterocycles. The molecule has 0 spiro atoms. The number of pyridine rings is 1. The third kappa shape index (κ3) is 3.11. The van der Waals surface area contributed by atoms with Crippen molar-refractivity contribution in [2.75, 3.05) is 17.2 Å². The van der Waals surface area contributed by atoms with Crippen LogP contribution < -0.4 is 10.6 Å². The lowest BCUT2D eigenvalue weighted by molar-refractivity contribution is 0.632. The molecule has 94 valence electrons. The lowest BCUT2D eigenvalue weighted by atomic mass is 10.3. The Morgan fingerprint density at radius 3 is 2.72 bits per heavy atom. The van der Waals surface area contributed by atoms with Crippen LogP contribution in [0.1, 0.15) is 6.92 Å². The maximum Gasteiger partial charge on any atom is 0.148 e. The van der Waals surface area contributed by atoms with E-state index in [-0.39, 0.29) is 0 Å². The molecule has 0 aliphatic heterocycles. The van der Waals surface area contributed by atoms with Crippen molar-refractivity contribution in [3.05, 3.63) is 47.2 Å². The van der Waals surface area contributed by atoms with Gasteiger partial charge in [0.25, 0.3) is 0 Å². The minimum absolute atomic E-state index is 0.348. The van der Waals surface area contributed by atoms with Crippen LogP contribution in [0.15, 0.2) is 36.4 Å². The van der Waals surface area contributed by atoms with Gasteiger partial charge in [0.1, 0.15) is 17.5 Å². The SMILES string of the molecule is CCNc1cccc(Nc2ccc(Cl)cc2F)n1. The van der Waals surface area contributed by atoms with E-state index in [0.29, 0.717) is 16.5 Å². The summed E-state index contributed by atoms with van der Waals surface area (Å²) in [5.41, 5.74) is 0.348. The van der Waals surface area contributed by atoms with Crippen molar-refractivity contribution in [1.29, 1.82) is 0 Å². The zero-order valence-corrected chi connectivity index (χ0v) is 10.6. The van der Waals surface area contributed by atoms with Gasteiger partial charge in [-0.3, -0.25) is 0 Å². The number of nitrogens with zero attached hydrogens (tertiary/aromatic N) is 1. The van der Waals surface area contributed by atoms with Crippen molar-refractivity contribution in [3.8, 4) is 0 Å². The number of halogens is 2. The highest BCUT2D eigenvalue weighted by molar-refractivity contribution is 6.30. The second-order valence-corrected chi connectivity index (χ2v) is 4.12. The fraction of sp³-hybridized carbons (Fsp3) is 0.154. The quantitative estimate of drug-likeness (QED) is 0.876. The van der Waals surface area contributed by atoms with Crippen LogP contribution in [0.5, 0.6) is 0 Å².